The largest absolute Gasteiger partial charge is 0.468 e. The summed E-state index contributed by atoms with van der Waals surface area (Å²) in [4.78, 5) is 42.8. The predicted octanol–water partition coefficient (Wildman–Crippen LogP) is 6.89. The van der Waals surface area contributed by atoms with Crippen LogP contribution < -0.4 is 5.32 Å². The van der Waals surface area contributed by atoms with Crippen LogP contribution in [0.3, 0.4) is 0 Å². The van der Waals surface area contributed by atoms with Crippen LogP contribution in [0.2, 0.25) is 10.0 Å². The maximum absolute atomic E-state index is 14.3. The fourth-order valence-electron chi connectivity index (χ4n) is 7.15. The third kappa shape index (κ3) is 7.00. The maximum atomic E-state index is 14.3. The number of hydrogen-bond donors (Lipinski definition) is 1. The Balaban J connectivity index is 1.38. The number of piperidine rings is 1. The Hall–Kier alpha value is -2.87. The lowest BCUT2D eigenvalue weighted by Crippen LogP contribution is -2.60. The van der Waals surface area contributed by atoms with Crippen LogP contribution in [-0.4, -0.2) is 48.5 Å². The first-order chi connectivity index (χ1) is 21.2. The highest BCUT2D eigenvalue weighted by molar-refractivity contribution is 6.35. The fraction of sp³-hybridized carbons (Fsp3) is 0.514. The zero-order valence-corrected chi connectivity index (χ0v) is 27.0. The minimum absolute atomic E-state index is 0.0346. The molecule has 0 unspecified atom stereocenters. The van der Waals surface area contributed by atoms with Crippen LogP contribution in [0.15, 0.2) is 60.3 Å². The van der Waals surface area contributed by atoms with Gasteiger partial charge in [0.1, 0.15) is 5.41 Å². The molecule has 7 nitrogen and oxygen atoms in total. The van der Waals surface area contributed by atoms with Gasteiger partial charge >= 0.3 is 5.97 Å². The first-order valence-corrected chi connectivity index (χ1v) is 16.5. The van der Waals surface area contributed by atoms with Gasteiger partial charge < -0.3 is 19.7 Å². The fourth-order valence-corrected chi connectivity index (χ4v) is 7.62. The van der Waals surface area contributed by atoms with Crippen molar-refractivity contribution in [3.8, 4) is 0 Å². The molecule has 1 aliphatic carbocycles. The van der Waals surface area contributed by atoms with Gasteiger partial charge in [0.2, 0.25) is 11.8 Å². The minimum Gasteiger partial charge on any atom is -0.468 e. The molecule has 44 heavy (non-hydrogen) atoms. The molecule has 9 heteroatoms. The van der Waals surface area contributed by atoms with Crippen molar-refractivity contribution >= 4 is 41.0 Å². The highest BCUT2D eigenvalue weighted by Crippen LogP contribution is 2.52. The Morgan fingerprint density at radius 1 is 1.09 bits per heavy atom. The molecule has 2 aliphatic heterocycles. The van der Waals surface area contributed by atoms with E-state index in [2.05, 4.69) is 17.4 Å². The summed E-state index contributed by atoms with van der Waals surface area (Å²) in [6.45, 7) is 2.55. The number of halogens is 2. The van der Waals surface area contributed by atoms with Crippen LogP contribution in [0.5, 0.6) is 0 Å². The molecule has 2 fully saturated rings. The van der Waals surface area contributed by atoms with Crippen LogP contribution in [0.4, 0.5) is 0 Å². The Morgan fingerprint density at radius 2 is 1.84 bits per heavy atom. The van der Waals surface area contributed by atoms with E-state index >= 15 is 0 Å². The van der Waals surface area contributed by atoms with Gasteiger partial charge in [-0.15, -0.1) is 0 Å². The third-order valence-electron chi connectivity index (χ3n) is 9.56. The molecule has 0 bridgehead atoms. The van der Waals surface area contributed by atoms with E-state index < -0.39 is 23.4 Å². The van der Waals surface area contributed by atoms with Gasteiger partial charge in [0.25, 0.3) is 0 Å². The Kier molecular flexibility index (Phi) is 10.7. The van der Waals surface area contributed by atoms with Crippen molar-refractivity contribution in [2.45, 2.75) is 83.5 Å². The van der Waals surface area contributed by atoms with Crippen molar-refractivity contribution in [1.29, 1.82) is 0 Å². The number of hydrogen-bond acceptors (Lipinski definition) is 5. The highest BCUT2D eigenvalue weighted by atomic mass is 35.5. The van der Waals surface area contributed by atoms with Crippen LogP contribution in [-0.2, 0) is 36.8 Å². The van der Waals surface area contributed by atoms with Gasteiger partial charge in [-0.3, -0.25) is 14.4 Å². The standard InChI is InChI=1S/C35H42Cl2N2O5/c1-23-35(34(42)43-2)21-27(18-32(40)38-17-9-8-12-24-10-4-3-5-11-24)33(41)39(22-26-15-16-28(36)19-29(26)37)31(35)20-30(44-23)25-13-6-7-14-25/h3-5,10-11,15-16,19-20,23,25,27,30H,6-9,12-14,17-18,21-22H2,1-2H3,(H,38,40)/t23-,27+,30-,35+/m1/s1. The van der Waals surface area contributed by atoms with Crippen molar-refractivity contribution in [3.63, 3.8) is 0 Å². The number of nitrogens with zero attached hydrogens (tertiary/aromatic N) is 1. The number of likely N-dealkylation sites (tertiary alicyclic amines) is 1. The Morgan fingerprint density at radius 3 is 2.55 bits per heavy atom. The average Bonchev–Trinajstić information content (AvgIpc) is 3.56. The Labute approximate surface area is 270 Å². The summed E-state index contributed by atoms with van der Waals surface area (Å²) in [6.07, 6.45) is 8.36. The number of nitrogens with one attached hydrogen (secondary N) is 1. The first kappa shape index (κ1) is 32.5. The SMILES string of the molecule is COC(=O)[C@]12C[C@H](CC(=O)NCCCCc3ccccc3)C(=O)N(Cc3ccc(Cl)cc3Cl)C1=C[C@H](C1CCCC1)O[C@@H]2C. The number of rotatable bonds is 11. The van der Waals surface area contributed by atoms with E-state index in [4.69, 9.17) is 32.7 Å². The summed E-state index contributed by atoms with van der Waals surface area (Å²) in [5.41, 5.74) is 1.32. The van der Waals surface area contributed by atoms with Crippen molar-refractivity contribution in [3.05, 3.63) is 81.5 Å². The van der Waals surface area contributed by atoms with E-state index in [0.717, 1.165) is 44.9 Å². The monoisotopic (exact) mass is 640 g/mol. The number of ether oxygens (including phenoxy) is 2. The van der Waals surface area contributed by atoms with E-state index in [0.29, 0.717) is 33.8 Å². The highest BCUT2D eigenvalue weighted by Gasteiger charge is 2.60. The molecule has 236 valence electrons. The molecule has 4 atom stereocenters. The van der Waals surface area contributed by atoms with Gasteiger partial charge in [-0.05, 0) is 80.7 Å². The number of benzene rings is 2. The van der Waals surface area contributed by atoms with Gasteiger partial charge in [0.05, 0.1) is 25.9 Å². The lowest BCUT2D eigenvalue weighted by molar-refractivity contribution is -0.178. The van der Waals surface area contributed by atoms with Gasteiger partial charge in [0, 0.05) is 34.6 Å². The zero-order valence-electron chi connectivity index (χ0n) is 25.5. The molecule has 0 radical (unpaired) electrons. The summed E-state index contributed by atoms with van der Waals surface area (Å²) >= 11 is 12.7. The summed E-state index contributed by atoms with van der Waals surface area (Å²) < 4.78 is 12.0. The molecular formula is C35H42Cl2N2O5. The molecule has 2 amide bonds. The summed E-state index contributed by atoms with van der Waals surface area (Å²) in [5, 5.41) is 3.91. The summed E-state index contributed by atoms with van der Waals surface area (Å²) in [5.74, 6) is -1.31. The molecule has 1 saturated carbocycles. The van der Waals surface area contributed by atoms with Crippen LogP contribution in [0.25, 0.3) is 0 Å². The van der Waals surface area contributed by atoms with Crippen molar-refractivity contribution in [2.75, 3.05) is 13.7 Å². The topological polar surface area (TPSA) is 84.9 Å². The minimum atomic E-state index is -1.24. The Bertz CT molecular complexity index is 1380. The van der Waals surface area contributed by atoms with E-state index in [9.17, 15) is 14.4 Å². The normalized spacial score (nSPS) is 25.4. The predicted molar refractivity (Wildman–Crippen MR) is 171 cm³/mol. The lowest BCUT2D eigenvalue weighted by Gasteiger charge is -2.52. The van der Waals surface area contributed by atoms with Gasteiger partial charge in [-0.25, -0.2) is 0 Å². The number of methoxy groups -OCH3 is 1. The van der Waals surface area contributed by atoms with Gasteiger partial charge in [-0.1, -0.05) is 72.4 Å². The number of carbonyl (C=O) groups excluding carboxylic acids is 3. The third-order valence-corrected chi connectivity index (χ3v) is 10.1. The van der Waals surface area contributed by atoms with Crippen molar-refractivity contribution < 1.29 is 23.9 Å². The van der Waals surface area contributed by atoms with E-state index in [1.807, 2.05) is 31.2 Å². The quantitative estimate of drug-likeness (QED) is 0.213. The molecule has 1 saturated heterocycles. The second-order valence-electron chi connectivity index (χ2n) is 12.4. The molecular weight excluding hydrogens is 599 g/mol. The summed E-state index contributed by atoms with van der Waals surface area (Å²) in [6, 6.07) is 15.4. The van der Waals surface area contributed by atoms with Crippen molar-refractivity contribution in [1.82, 2.24) is 10.2 Å². The number of fused-ring (bicyclic) bond motifs is 1. The number of carbonyl (C=O) groups is 3. The molecule has 1 N–H and O–H groups in total. The molecule has 2 aromatic carbocycles. The number of unbranched alkanes of at least 4 members (excludes halogenated alkanes) is 1. The van der Waals surface area contributed by atoms with Crippen molar-refractivity contribution in [2.24, 2.45) is 17.3 Å². The summed E-state index contributed by atoms with van der Waals surface area (Å²) in [7, 11) is 1.36. The van der Waals surface area contributed by atoms with E-state index in [-0.39, 0.29) is 37.3 Å². The lowest BCUT2D eigenvalue weighted by atomic mass is 9.66. The number of esters is 1. The molecule has 2 heterocycles. The maximum Gasteiger partial charge on any atom is 0.320 e. The first-order valence-electron chi connectivity index (χ1n) is 15.7. The molecule has 0 spiro atoms. The second kappa shape index (κ2) is 14.5. The molecule has 3 aliphatic rings. The van der Waals surface area contributed by atoms with Gasteiger partial charge in [0.15, 0.2) is 0 Å². The van der Waals surface area contributed by atoms with Crippen LogP contribution in [0, 0.1) is 17.3 Å². The van der Waals surface area contributed by atoms with Crippen LogP contribution >= 0.6 is 23.2 Å². The smallest absolute Gasteiger partial charge is 0.320 e. The number of aryl methyl sites for hydroxylation is 1. The van der Waals surface area contributed by atoms with Gasteiger partial charge in [-0.2, -0.15) is 0 Å². The second-order valence-corrected chi connectivity index (χ2v) is 13.2. The average molecular weight is 642 g/mol. The molecule has 2 aromatic rings. The molecule has 0 aromatic heterocycles. The van der Waals surface area contributed by atoms with Crippen LogP contribution in [0.1, 0.15) is 69.4 Å². The zero-order chi connectivity index (χ0) is 31.3. The van der Waals surface area contributed by atoms with E-state index in [1.165, 1.54) is 12.7 Å². The molecule has 5 rings (SSSR count). The number of amides is 2. The van der Waals surface area contributed by atoms with E-state index in [1.54, 1.807) is 23.1 Å².